The summed E-state index contributed by atoms with van der Waals surface area (Å²) in [5.74, 6) is 1.67. The van der Waals surface area contributed by atoms with Crippen LogP contribution in [0.2, 0.25) is 0 Å². The molecule has 104 valence electrons. The molecule has 0 N–H and O–H groups in total. The normalized spacial score (nSPS) is 15.0. The lowest BCUT2D eigenvalue weighted by Crippen LogP contribution is -2.16. The molecule has 19 heavy (non-hydrogen) atoms. The predicted octanol–water partition coefficient (Wildman–Crippen LogP) is 3.47. The smallest absolute Gasteiger partial charge is 0.188 e. The standard InChI is InChI=1S/C16H22O3/c1-2-19-15-8-6-14(7-9-15)16(17)12-18-11-10-13-4-3-5-13/h6-9,13H,2-5,10-12H2,1H3. The Morgan fingerprint density at radius 2 is 2.00 bits per heavy atom. The Labute approximate surface area is 114 Å². The van der Waals surface area contributed by atoms with Gasteiger partial charge in [0.25, 0.3) is 0 Å². The van der Waals surface area contributed by atoms with Crippen molar-refractivity contribution in [3.05, 3.63) is 29.8 Å². The molecule has 0 heterocycles. The zero-order valence-electron chi connectivity index (χ0n) is 11.6. The SMILES string of the molecule is CCOc1ccc(C(=O)COCCC2CCC2)cc1. The third kappa shape index (κ3) is 4.35. The molecule has 0 bridgehead atoms. The number of hydrogen-bond acceptors (Lipinski definition) is 3. The van der Waals surface area contributed by atoms with E-state index in [1.807, 2.05) is 19.1 Å². The van der Waals surface area contributed by atoms with Crippen molar-refractivity contribution in [2.24, 2.45) is 5.92 Å². The van der Waals surface area contributed by atoms with Gasteiger partial charge in [0.15, 0.2) is 5.78 Å². The monoisotopic (exact) mass is 262 g/mol. The Bertz CT molecular complexity index is 393. The number of ketones is 1. The lowest BCUT2D eigenvalue weighted by molar-refractivity contribution is 0.0705. The molecule has 3 nitrogen and oxygen atoms in total. The zero-order chi connectivity index (χ0) is 13.5. The van der Waals surface area contributed by atoms with Gasteiger partial charge in [0.2, 0.25) is 0 Å². The molecule has 0 radical (unpaired) electrons. The first-order valence-corrected chi connectivity index (χ1v) is 7.13. The molecular formula is C16H22O3. The molecule has 0 spiro atoms. The third-order valence-electron chi connectivity index (χ3n) is 3.62. The summed E-state index contributed by atoms with van der Waals surface area (Å²) in [6, 6.07) is 7.24. The first kappa shape index (κ1) is 14.1. The molecule has 1 aromatic rings. The second-order valence-electron chi connectivity index (χ2n) is 5.02. The van der Waals surface area contributed by atoms with Crippen molar-refractivity contribution in [2.45, 2.75) is 32.6 Å². The van der Waals surface area contributed by atoms with Gasteiger partial charge in [0.1, 0.15) is 12.4 Å². The third-order valence-corrected chi connectivity index (χ3v) is 3.62. The van der Waals surface area contributed by atoms with E-state index in [-0.39, 0.29) is 12.4 Å². The van der Waals surface area contributed by atoms with Crippen LogP contribution in [0.3, 0.4) is 0 Å². The van der Waals surface area contributed by atoms with E-state index in [4.69, 9.17) is 9.47 Å². The summed E-state index contributed by atoms with van der Waals surface area (Å²) in [5, 5.41) is 0. The van der Waals surface area contributed by atoms with Crippen LogP contribution in [0, 0.1) is 5.92 Å². The summed E-state index contributed by atoms with van der Waals surface area (Å²) in [6.45, 7) is 3.46. The van der Waals surface area contributed by atoms with Crippen molar-refractivity contribution in [3.63, 3.8) is 0 Å². The summed E-state index contributed by atoms with van der Waals surface area (Å²) in [7, 11) is 0. The van der Waals surface area contributed by atoms with Crippen molar-refractivity contribution in [3.8, 4) is 5.75 Å². The van der Waals surface area contributed by atoms with Crippen LogP contribution in [0.5, 0.6) is 5.75 Å². The van der Waals surface area contributed by atoms with Gasteiger partial charge in [-0.05, 0) is 43.5 Å². The van der Waals surface area contributed by atoms with Gasteiger partial charge in [-0.15, -0.1) is 0 Å². The Balaban J connectivity index is 1.69. The van der Waals surface area contributed by atoms with Crippen molar-refractivity contribution < 1.29 is 14.3 Å². The highest BCUT2D eigenvalue weighted by atomic mass is 16.5. The highest BCUT2D eigenvalue weighted by molar-refractivity contribution is 5.97. The fourth-order valence-corrected chi connectivity index (χ4v) is 2.18. The molecule has 1 aromatic carbocycles. The first-order valence-electron chi connectivity index (χ1n) is 7.13. The van der Waals surface area contributed by atoms with Gasteiger partial charge in [-0.2, -0.15) is 0 Å². The van der Waals surface area contributed by atoms with Gasteiger partial charge >= 0.3 is 0 Å². The quantitative estimate of drug-likeness (QED) is 0.531. The van der Waals surface area contributed by atoms with Crippen molar-refractivity contribution >= 4 is 5.78 Å². The van der Waals surface area contributed by atoms with E-state index in [0.717, 1.165) is 18.1 Å². The summed E-state index contributed by atoms with van der Waals surface area (Å²) < 4.78 is 10.8. The number of ether oxygens (including phenoxy) is 2. The second kappa shape index (κ2) is 7.29. The molecule has 1 aliphatic rings. The molecule has 0 saturated heterocycles. The van der Waals surface area contributed by atoms with Crippen LogP contribution in [0.4, 0.5) is 0 Å². The number of carbonyl (C=O) groups is 1. The van der Waals surface area contributed by atoms with Crippen LogP contribution in [0.15, 0.2) is 24.3 Å². The zero-order valence-corrected chi connectivity index (χ0v) is 11.6. The molecule has 0 amide bonds. The Hall–Kier alpha value is -1.35. The number of carbonyl (C=O) groups excluding carboxylic acids is 1. The molecule has 0 unspecified atom stereocenters. The summed E-state index contributed by atoms with van der Waals surface area (Å²) in [4.78, 5) is 11.9. The van der Waals surface area contributed by atoms with Crippen LogP contribution in [-0.2, 0) is 4.74 Å². The fraction of sp³-hybridized carbons (Fsp3) is 0.562. The first-order chi connectivity index (χ1) is 9.29. The minimum Gasteiger partial charge on any atom is -0.494 e. The second-order valence-corrected chi connectivity index (χ2v) is 5.02. The average molecular weight is 262 g/mol. The molecule has 2 rings (SSSR count). The van der Waals surface area contributed by atoms with E-state index in [1.54, 1.807) is 12.1 Å². The van der Waals surface area contributed by atoms with E-state index in [1.165, 1.54) is 19.3 Å². The number of hydrogen-bond donors (Lipinski definition) is 0. The van der Waals surface area contributed by atoms with Crippen molar-refractivity contribution in [2.75, 3.05) is 19.8 Å². The molecule has 1 aliphatic carbocycles. The van der Waals surface area contributed by atoms with Crippen LogP contribution in [0.1, 0.15) is 43.0 Å². The summed E-state index contributed by atoms with van der Waals surface area (Å²) >= 11 is 0. The van der Waals surface area contributed by atoms with Gasteiger partial charge in [-0.25, -0.2) is 0 Å². The number of rotatable bonds is 8. The van der Waals surface area contributed by atoms with E-state index in [9.17, 15) is 4.79 Å². The van der Waals surface area contributed by atoms with Crippen LogP contribution in [0.25, 0.3) is 0 Å². The maximum absolute atomic E-state index is 11.9. The van der Waals surface area contributed by atoms with Gasteiger partial charge in [0.05, 0.1) is 6.61 Å². The van der Waals surface area contributed by atoms with E-state index in [0.29, 0.717) is 18.8 Å². The van der Waals surface area contributed by atoms with Gasteiger partial charge < -0.3 is 9.47 Å². The lowest BCUT2D eigenvalue weighted by Gasteiger charge is -2.24. The van der Waals surface area contributed by atoms with Crippen molar-refractivity contribution in [1.29, 1.82) is 0 Å². The van der Waals surface area contributed by atoms with Gasteiger partial charge in [-0.3, -0.25) is 4.79 Å². The summed E-state index contributed by atoms with van der Waals surface area (Å²) in [5.41, 5.74) is 0.687. The minimum atomic E-state index is 0.0386. The molecular weight excluding hydrogens is 240 g/mol. The van der Waals surface area contributed by atoms with E-state index < -0.39 is 0 Å². The van der Waals surface area contributed by atoms with E-state index in [2.05, 4.69) is 0 Å². The highest BCUT2D eigenvalue weighted by Crippen LogP contribution is 2.29. The maximum Gasteiger partial charge on any atom is 0.188 e. The molecule has 0 atom stereocenters. The van der Waals surface area contributed by atoms with Crippen LogP contribution in [-0.4, -0.2) is 25.6 Å². The predicted molar refractivity (Wildman–Crippen MR) is 74.7 cm³/mol. The van der Waals surface area contributed by atoms with Crippen molar-refractivity contribution in [1.82, 2.24) is 0 Å². The Kier molecular flexibility index (Phi) is 5.40. The molecule has 0 aromatic heterocycles. The molecule has 0 aliphatic heterocycles. The Morgan fingerprint density at radius 1 is 1.26 bits per heavy atom. The summed E-state index contributed by atoms with van der Waals surface area (Å²) in [6.07, 6.45) is 5.11. The number of benzene rings is 1. The largest absolute Gasteiger partial charge is 0.494 e. The van der Waals surface area contributed by atoms with Gasteiger partial charge in [0, 0.05) is 12.2 Å². The Morgan fingerprint density at radius 3 is 2.58 bits per heavy atom. The molecule has 1 saturated carbocycles. The lowest BCUT2D eigenvalue weighted by atomic mass is 9.83. The fourth-order valence-electron chi connectivity index (χ4n) is 2.18. The molecule has 1 fully saturated rings. The van der Waals surface area contributed by atoms with Crippen LogP contribution < -0.4 is 4.74 Å². The number of Topliss-reactive ketones (excluding diaryl/α,β-unsaturated/α-hetero) is 1. The van der Waals surface area contributed by atoms with Crippen LogP contribution >= 0.6 is 0 Å². The minimum absolute atomic E-state index is 0.0386. The maximum atomic E-state index is 11.9. The highest BCUT2D eigenvalue weighted by Gasteiger charge is 2.16. The topological polar surface area (TPSA) is 35.5 Å². The molecule has 3 heteroatoms. The average Bonchev–Trinajstić information content (AvgIpc) is 2.37. The van der Waals surface area contributed by atoms with Gasteiger partial charge in [-0.1, -0.05) is 19.3 Å². The van der Waals surface area contributed by atoms with E-state index >= 15 is 0 Å².